The molecule has 0 bridgehead atoms. The monoisotopic (exact) mass is 648 g/mol. The van der Waals surface area contributed by atoms with Gasteiger partial charge in [-0.05, 0) is 54.7 Å². The van der Waals surface area contributed by atoms with Gasteiger partial charge in [-0.15, -0.1) is 0 Å². The molecule has 0 aliphatic carbocycles. The van der Waals surface area contributed by atoms with Crippen molar-refractivity contribution in [1.82, 2.24) is 24.4 Å². The molecule has 3 aromatic carbocycles. The van der Waals surface area contributed by atoms with Gasteiger partial charge in [-0.2, -0.15) is 5.10 Å². The number of carbonyl (C=O) groups is 2. The standard InChI is InChI=1S/C34H29BrN6O3/c1-21(22-7-5-4-6-8-22)17-25-19-38-41-30-20-39(33(43)24-11-14-28(35)29(18-24)36-2)16-15-27(30)34(44)40(32(25)41)26-12-9-23(10-13-26)31(42)37-3/h4-14,18-19,21H,15-17,20H2,1,3H3,(H,37,42). The van der Waals surface area contributed by atoms with E-state index in [1.54, 1.807) is 69.7 Å². The lowest BCUT2D eigenvalue weighted by molar-refractivity contribution is 0.0729. The van der Waals surface area contributed by atoms with Crippen molar-refractivity contribution in [3.8, 4) is 5.69 Å². The second kappa shape index (κ2) is 11.9. The van der Waals surface area contributed by atoms with Crippen LogP contribution in [0.25, 0.3) is 16.2 Å². The first-order valence-corrected chi connectivity index (χ1v) is 15.1. The van der Waals surface area contributed by atoms with E-state index >= 15 is 0 Å². The van der Waals surface area contributed by atoms with Crippen molar-refractivity contribution in [2.75, 3.05) is 13.6 Å². The molecule has 220 valence electrons. The van der Waals surface area contributed by atoms with Crippen LogP contribution in [-0.4, -0.2) is 44.5 Å². The summed E-state index contributed by atoms with van der Waals surface area (Å²) in [6, 6.07) is 22.1. The molecule has 3 heterocycles. The van der Waals surface area contributed by atoms with Crippen LogP contribution in [0, 0.1) is 6.57 Å². The molecule has 1 aliphatic heterocycles. The molecular formula is C34H29BrN6O3. The first kappa shape index (κ1) is 29.1. The maximum absolute atomic E-state index is 14.3. The van der Waals surface area contributed by atoms with Crippen LogP contribution in [0.15, 0.2) is 88.3 Å². The molecule has 2 amide bonds. The average Bonchev–Trinajstić information content (AvgIpc) is 3.47. The van der Waals surface area contributed by atoms with Gasteiger partial charge in [-0.25, -0.2) is 9.36 Å². The van der Waals surface area contributed by atoms with Crippen LogP contribution in [0.3, 0.4) is 0 Å². The Hall–Kier alpha value is -5.01. The van der Waals surface area contributed by atoms with Crippen LogP contribution in [-0.2, 0) is 19.4 Å². The normalized spacial score (nSPS) is 13.3. The fourth-order valence-electron chi connectivity index (χ4n) is 5.82. The third kappa shape index (κ3) is 5.20. The Kier molecular flexibility index (Phi) is 7.89. The van der Waals surface area contributed by atoms with Gasteiger partial charge in [-0.1, -0.05) is 65.3 Å². The molecule has 0 radical (unpaired) electrons. The second-order valence-corrected chi connectivity index (χ2v) is 11.7. The Labute approximate surface area is 262 Å². The SMILES string of the molecule is [C-]#[N+]c1cc(C(=O)N2CCc3c(n4ncc(CC(C)c5ccccc5)c4n(-c4ccc(C(=O)NC)cc4)c3=O)C2)ccc1Br. The highest BCUT2D eigenvalue weighted by Crippen LogP contribution is 2.30. The highest BCUT2D eigenvalue weighted by atomic mass is 79.9. The van der Waals surface area contributed by atoms with Crippen molar-refractivity contribution in [3.63, 3.8) is 0 Å². The number of aromatic nitrogens is 3. The van der Waals surface area contributed by atoms with Crippen molar-refractivity contribution < 1.29 is 9.59 Å². The Balaban J connectivity index is 1.47. The van der Waals surface area contributed by atoms with E-state index in [0.29, 0.717) is 63.3 Å². The summed E-state index contributed by atoms with van der Waals surface area (Å²) in [6.07, 6.45) is 2.80. The summed E-state index contributed by atoms with van der Waals surface area (Å²) < 4.78 is 4.11. The average molecular weight is 650 g/mol. The molecule has 1 atom stereocenters. The summed E-state index contributed by atoms with van der Waals surface area (Å²) in [4.78, 5) is 45.3. The van der Waals surface area contributed by atoms with Gasteiger partial charge in [-0.3, -0.25) is 19.0 Å². The first-order chi connectivity index (χ1) is 21.3. The lowest BCUT2D eigenvalue weighted by atomic mass is 9.95. The lowest BCUT2D eigenvalue weighted by Gasteiger charge is -2.30. The third-order valence-corrected chi connectivity index (χ3v) is 8.85. The fraction of sp³-hybridized carbons (Fsp3) is 0.206. The van der Waals surface area contributed by atoms with Crippen molar-refractivity contribution in [2.45, 2.75) is 32.2 Å². The Morgan fingerprint density at radius 1 is 1.07 bits per heavy atom. The predicted molar refractivity (Wildman–Crippen MR) is 172 cm³/mol. The van der Waals surface area contributed by atoms with Gasteiger partial charge in [0.05, 0.1) is 30.7 Å². The van der Waals surface area contributed by atoms with E-state index in [2.05, 4.69) is 45.1 Å². The van der Waals surface area contributed by atoms with Crippen molar-refractivity contribution in [3.05, 3.63) is 139 Å². The van der Waals surface area contributed by atoms with Crippen LogP contribution in [0.1, 0.15) is 55.9 Å². The Morgan fingerprint density at radius 3 is 2.50 bits per heavy atom. The van der Waals surface area contributed by atoms with E-state index in [4.69, 9.17) is 11.7 Å². The van der Waals surface area contributed by atoms with Crippen molar-refractivity contribution >= 4 is 39.1 Å². The van der Waals surface area contributed by atoms with Gasteiger partial charge in [0.1, 0.15) is 5.65 Å². The predicted octanol–water partition coefficient (Wildman–Crippen LogP) is 5.70. The number of amides is 2. The summed E-state index contributed by atoms with van der Waals surface area (Å²) in [5.74, 6) is -0.257. The number of benzene rings is 3. The number of fused-ring (bicyclic) bond motifs is 3. The molecule has 0 spiro atoms. The largest absolute Gasteiger partial charge is 0.355 e. The molecule has 2 aromatic heterocycles. The molecule has 6 rings (SSSR count). The molecule has 5 aromatic rings. The molecule has 44 heavy (non-hydrogen) atoms. The summed E-state index contributed by atoms with van der Waals surface area (Å²) in [7, 11) is 1.58. The minimum Gasteiger partial charge on any atom is -0.355 e. The zero-order chi connectivity index (χ0) is 31.0. The number of hydrogen-bond acceptors (Lipinski definition) is 4. The van der Waals surface area contributed by atoms with Crippen LogP contribution in [0.5, 0.6) is 0 Å². The highest BCUT2D eigenvalue weighted by molar-refractivity contribution is 9.10. The van der Waals surface area contributed by atoms with Crippen molar-refractivity contribution in [1.29, 1.82) is 0 Å². The number of hydrogen-bond donors (Lipinski definition) is 1. The van der Waals surface area contributed by atoms with Gasteiger partial charge in [0.25, 0.3) is 17.4 Å². The molecule has 1 aliphatic rings. The molecule has 1 N–H and O–H groups in total. The van der Waals surface area contributed by atoms with Gasteiger partial charge < -0.3 is 10.2 Å². The minimum atomic E-state index is -0.208. The van der Waals surface area contributed by atoms with Crippen LogP contribution in [0.2, 0.25) is 0 Å². The summed E-state index contributed by atoms with van der Waals surface area (Å²) in [5.41, 5.74) is 5.72. The van der Waals surface area contributed by atoms with Gasteiger partial charge in [0.15, 0.2) is 0 Å². The zero-order valence-corrected chi connectivity index (χ0v) is 25.8. The van der Waals surface area contributed by atoms with E-state index in [9.17, 15) is 14.4 Å². The smallest absolute Gasteiger partial charge is 0.261 e. The molecule has 0 saturated carbocycles. The second-order valence-electron chi connectivity index (χ2n) is 10.9. The van der Waals surface area contributed by atoms with E-state index in [1.807, 2.05) is 18.2 Å². The maximum Gasteiger partial charge on any atom is 0.261 e. The van der Waals surface area contributed by atoms with E-state index in [-0.39, 0.29) is 29.8 Å². The van der Waals surface area contributed by atoms with Crippen LogP contribution >= 0.6 is 15.9 Å². The summed E-state index contributed by atoms with van der Waals surface area (Å²) in [6.45, 7) is 10.1. The lowest BCUT2D eigenvalue weighted by Crippen LogP contribution is -2.41. The number of nitrogens with one attached hydrogen (secondary N) is 1. The fourth-order valence-corrected chi connectivity index (χ4v) is 6.16. The molecule has 9 nitrogen and oxygen atoms in total. The Morgan fingerprint density at radius 2 is 1.80 bits per heavy atom. The minimum absolute atomic E-state index is 0.159. The maximum atomic E-state index is 14.3. The number of halogens is 1. The number of nitrogens with zero attached hydrogens (tertiary/aromatic N) is 5. The first-order valence-electron chi connectivity index (χ1n) is 14.3. The molecule has 1 unspecified atom stereocenters. The zero-order valence-electron chi connectivity index (χ0n) is 24.3. The van der Waals surface area contributed by atoms with Crippen LogP contribution in [0.4, 0.5) is 5.69 Å². The quantitative estimate of drug-likeness (QED) is 0.239. The van der Waals surface area contributed by atoms with Crippen molar-refractivity contribution in [2.24, 2.45) is 0 Å². The van der Waals surface area contributed by atoms with E-state index in [1.165, 1.54) is 5.56 Å². The number of rotatable bonds is 6. The Bertz CT molecular complexity index is 2010. The highest BCUT2D eigenvalue weighted by Gasteiger charge is 2.29. The molecule has 0 saturated heterocycles. The summed E-state index contributed by atoms with van der Waals surface area (Å²) >= 11 is 3.36. The third-order valence-electron chi connectivity index (χ3n) is 8.18. The van der Waals surface area contributed by atoms with Gasteiger partial charge in [0, 0.05) is 40.3 Å². The number of carbonyl (C=O) groups excluding carboxylic acids is 2. The topological polar surface area (TPSA) is 93.1 Å². The van der Waals surface area contributed by atoms with E-state index < -0.39 is 0 Å². The molecule has 0 fully saturated rings. The van der Waals surface area contributed by atoms with Crippen LogP contribution < -0.4 is 10.9 Å². The van der Waals surface area contributed by atoms with Gasteiger partial charge in [0.2, 0.25) is 5.69 Å². The van der Waals surface area contributed by atoms with E-state index in [0.717, 1.165) is 5.56 Å². The van der Waals surface area contributed by atoms with Gasteiger partial charge >= 0.3 is 0 Å². The summed E-state index contributed by atoms with van der Waals surface area (Å²) in [5, 5.41) is 7.41. The molecule has 10 heteroatoms. The molecular weight excluding hydrogens is 620 g/mol.